The molecule has 2 heterocycles. The number of hydrogen-bond donors (Lipinski definition) is 1. The molecule has 0 saturated carbocycles. The van der Waals surface area contributed by atoms with Crippen LogP contribution in [0.15, 0.2) is 182 Å². The number of esters is 6. The summed E-state index contributed by atoms with van der Waals surface area (Å²) in [6.07, 6.45) is -14.3. The second-order valence-electron chi connectivity index (χ2n) is 19.2. The average molecular weight is 1080 g/mol. The Hall–Kier alpha value is -7.45. The molecular formula is C59H58O16SSi. The molecule has 0 unspecified atom stereocenters. The Morgan fingerprint density at radius 2 is 0.714 bits per heavy atom. The van der Waals surface area contributed by atoms with Crippen LogP contribution in [-0.2, 0) is 42.6 Å². The quantitative estimate of drug-likeness (QED) is 0.0430. The molecule has 2 saturated heterocycles. The van der Waals surface area contributed by atoms with Crippen molar-refractivity contribution in [2.75, 3.05) is 19.0 Å². The largest absolute Gasteiger partial charge is 0.452 e. The van der Waals surface area contributed by atoms with Gasteiger partial charge in [0.05, 0.1) is 46.6 Å². The molecule has 0 bridgehead atoms. The Morgan fingerprint density at radius 3 is 1.05 bits per heavy atom. The topological polar surface area (TPSA) is 206 Å². The van der Waals surface area contributed by atoms with Crippen molar-refractivity contribution >= 4 is 55.7 Å². The van der Waals surface area contributed by atoms with Gasteiger partial charge in [0.1, 0.15) is 17.6 Å². The number of benzene rings is 6. The van der Waals surface area contributed by atoms with Gasteiger partial charge in [-0.25, -0.2) is 28.8 Å². The second kappa shape index (κ2) is 26.5. The van der Waals surface area contributed by atoms with Crippen LogP contribution in [-0.4, -0.2) is 129 Å². The van der Waals surface area contributed by atoms with Gasteiger partial charge < -0.3 is 47.7 Å². The highest BCUT2D eigenvalue weighted by Gasteiger charge is 2.56. The molecule has 0 spiro atoms. The molecule has 0 aromatic heterocycles. The highest BCUT2D eigenvalue weighted by Crippen LogP contribution is 2.38. The Bertz CT molecular complexity index is 2900. The van der Waals surface area contributed by atoms with Crippen LogP contribution >= 0.6 is 11.8 Å². The number of aliphatic hydroxyl groups is 1. The first-order valence-corrected chi connectivity index (χ1v) is 29.7. The van der Waals surface area contributed by atoms with Crippen molar-refractivity contribution in [3.63, 3.8) is 0 Å². The third kappa shape index (κ3) is 14.9. The summed E-state index contributed by atoms with van der Waals surface area (Å²) in [5, 5.41) is 11.0. The molecule has 2 fully saturated rings. The van der Waals surface area contributed by atoms with Crippen LogP contribution in [0.5, 0.6) is 0 Å². The molecule has 400 valence electrons. The van der Waals surface area contributed by atoms with E-state index in [0.717, 1.165) is 6.04 Å². The third-order valence-electron chi connectivity index (χ3n) is 12.4. The molecule has 18 heteroatoms. The van der Waals surface area contributed by atoms with Gasteiger partial charge in [0.2, 0.25) is 0 Å². The lowest BCUT2D eigenvalue weighted by Gasteiger charge is -2.46. The summed E-state index contributed by atoms with van der Waals surface area (Å²) in [4.78, 5) is 84.8. The highest BCUT2D eigenvalue weighted by atomic mass is 32.2. The van der Waals surface area contributed by atoms with Gasteiger partial charge in [0, 0.05) is 8.07 Å². The van der Waals surface area contributed by atoms with E-state index >= 15 is 0 Å². The molecule has 0 aliphatic carbocycles. The average Bonchev–Trinajstić information content (AvgIpc) is 3.46. The summed E-state index contributed by atoms with van der Waals surface area (Å²) in [6.45, 7) is 5.16. The number of thioether (sulfide) groups is 1. The fourth-order valence-electron chi connectivity index (χ4n) is 8.38. The lowest BCUT2D eigenvalue weighted by molar-refractivity contribution is -0.309. The van der Waals surface area contributed by atoms with E-state index in [4.69, 9.17) is 42.6 Å². The number of hydrogen-bond acceptors (Lipinski definition) is 17. The number of rotatable bonds is 20. The first-order valence-electron chi connectivity index (χ1n) is 25.0. The Kier molecular flexibility index (Phi) is 19.2. The minimum Gasteiger partial charge on any atom is -0.452 e. The predicted molar refractivity (Wildman–Crippen MR) is 285 cm³/mol. The van der Waals surface area contributed by atoms with Gasteiger partial charge in [-0.05, 0) is 84.6 Å². The molecule has 0 radical (unpaired) electrons. The molecular weight excluding hydrogens is 1020 g/mol. The van der Waals surface area contributed by atoms with E-state index in [-0.39, 0.29) is 33.4 Å². The van der Waals surface area contributed by atoms with Gasteiger partial charge >= 0.3 is 35.8 Å². The van der Waals surface area contributed by atoms with E-state index in [2.05, 4.69) is 19.6 Å². The Labute approximate surface area is 450 Å². The van der Waals surface area contributed by atoms with Gasteiger partial charge in [-0.15, -0.1) is 11.8 Å². The first kappa shape index (κ1) is 55.8. The SMILES string of the molecule is C[Si](C)(C)CCS[C@@H]1O[C@H](CO[C@@H]2O[C@H](CO)[C@H](OC(=O)c3ccccc3)[C@H](OC(=O)c3ccccc3)[C@H]2OC(=O)c2ccccc2)[C@H](OC(=O)c2ccccc2)[C@H](OC(=O)c2ccccc2)[C@H]1OC(=O)c1ccccc1. The van der Waals surface area contributed by atoms with Crippen molar-refractivity contribution in [1.29, 1.82) is 0 Å². The Morgan fingerprint density at radius 1 is 0.416 bits per heavy atom. The zero-order chi connectivity index (χ0) is 54.3. The minimum absolute atomic E-state index is 0.0855. The monoisotopic (exact) mass is 1080 g/mol. The maximum atomic E-state index is 14.3. The molecule has 16 nitrogen and oxygen atoms in total. The van der Waals surface area contributed by atoms with Crippen molar-refractivity contribution in [3.05, 3.63) is 215 Å². The lowest BCUT2D eigenvalue weighted by Crippen LogP contribution is -2.64. The summed E-state index contributed by atoms with van der Waals surface area (Å²) >= 11 is 1.31. The second-order valence-corrected chi connectivity index (χ2v) is 26.0. The van der Waals surface area contributed by atoms with Crippen LogP contribution in [0.2, 0.25) is 25.7 Å². The van der Waals surface area contributed by atoms with Gasteiger partial charge in [-0.1, -0.05) is 129 Å². The number of carbonyl (C=O) groups excluding carboxylic acids is 6. The Balaban J connectivity index is 1.21. The highest BCUT2D eigenvalue weighted by molar-refractivity contribution is 7.99. The zero-order valence-electron chi connectivity index (χ0n) is 42.4. The van der Waals surface area contributed by atoms with E-state index < -0.39 is 118 Å². The summed E-state index contributed by atoms with van der Waals surface area (Å²) in [5.41, 5.74) is -0.351. The van der Waals surface area contributed by atoms with Crippen molar-refractivity contribution in [1.82, 2.24) is 0 Å². The van der Waals surface area contributed by atoms with Crippen molar-refractivity contribution in [3.8, 4) is 0 Å². The molecule has 0 amide bonds. The van der Waals surface area contributed by atoms with Crippen molar-refractivity contribution in [2.45, 2.75) is 86.2 Å². The third-order valence-corrected chi connectivity index (χ3v) is 15.7. The van der Waals surface area contributed by atoms with Crippen LogP contribution in [0.4, 0.5) is 0 Å². The van der Waals surface area contributed by atoms with Crippen LogP contribution in [0, 0.1) is 0 Å². The van der Waals surface area contributed by atoms with Crippen LogP contribution in [0.3, 0.4) is 0 Å². The molecule has 6 aromatic carbocycles. The summed E-state index contributed by atoms with van der Waals surface area (Å²) in [5.74, 6) is -4.65. The summed E-state index contributed by atoms with van der Waals surface area (Å²) in [6, 6.07) is 48.9. The van der Waals surface area contributed by atoms with E-state index in [9.17, 15) is 33.9 Å². The van der Waals surface area contributed by atoms with Crippen molar-refractivity contribution < 1.29 is 76.5 Å². The summed E-state index contributed by atoms with van der Waals surface area (Å²) < 4.78 is 57.2. The van der Waals surface area contributed by atoms with Crippen LogP contribution in [0.1, 0.15) is 62.1 Å². The maximum absolute atomic E-state index is 14.3. The fourth-order valence-corrected chi connectivity index (χ4v) is 12.2. The molecule has 1 N–H and O–H groups in total. The van der Waals surface area contributed by atoms with Gasteiger partial charge in [0.25, 0.3) is 0 Å². The smallest absolute Gasteiger partial charge is 0.338 e. The minimum atomic E-state index is -1.76. The maximum Gasteiger partial charge on any atom is 0.338 e. The molecule has 77 heavy (non-hydrogen) atoms. The van der Waals surface area contributed by atoms with Crippen LogP contribution in [0.25, 0.3) is 0 Å². The van der Waals surface area contributed by atoms with E-state index in [0.29, 0.717) is 5.75 Å². The predicted octanol–water partition coefficient (Wildman–Crippen LogP) is 8.87. The van der Waals surface area contributed by atoms with E-state index in [1.807, 2.05) is 0 Å². The lowest BCUT2D eigenvalue weighted by atomic mass is 9.97. The molecule has 10 atom stereocenters. The number of aliphatic hydroxyl groups excluding tert-OH is 1. The van der Waals surface area contributed by atoms with Crippen molar-refractivity contribution in [2.24, 2.45) is 0 Å². The summed E-state index contributed by atoms with van der Waals surface area (Å²) in [7, 11) is -1.70. The van der Waals surface area contributed by atoms with Gasteiger partial charge in [-0.3, -0.25) is 0 Å². The number of carbonyl (C=O) groups is 6. The molecule has 2 aliphatic rings. The molecule has 6 aromatic rings. The number of ether oxygens (including phenoxy) is 9. The van der Waals surface area contributed by atoms with Gasteiger partial charge in [-0.2, -0.15) is 0 Å². The first-order chi connectivity index (χ1) is 37.3. The molecule has 2 aliphatic heterocycles. The zero-order valence-corrected chi connectivity index (χ0v) is 44.2. The standard InChI is InChI=1S/C59H58O16SSi/c1-77(2,3)35-34-76-59-51(75-57(66)43-32-20-9-21-33-43)49(73-55(64)41-28-16-7-17-29-41)47(71-53(62)39-24-12-5-13-25-39)45(69-59)37-67-58-50(74-56(65)42-30-18-8-19-31-42)48(72-54(63)40-26-14-6-15-27-40)46(44(36-60)68-58)70-52(61)38-22-10-4-11-23-38/h4-33,44-51,58-60H,34-37H2,1-3H3/t44-,45-,46+,47+,48+,49+,50-,51-,58-,59+/m1/s1. The van der Waals surface area contributed by atoms with E-state index in [1.165, 1.54) is 60.3 Å². The normalized spacial score (nSPS) is 23.1. The van der Waals surface area contributed by atoms with E-state index in [1.54, 1.807) is 133 Å². The fraction of sp³-hybridized carbons (Fsp3) is 0.288. The molecule has 8 rings (SSSR count). The van der Waals surface area contributed by atoms with Gasteiger partial charge in [0.15, 0.2) is 42.9 Å². The van der Waals surface area contributed by atoms with Crippen LogP contribution < -0.4 is 0 Å².